The molecule has 0 radical (unpaired) electrons. The van der Waals surface area contributed by atoms with Crippen LogP contribution in [0.5, 0.6) is 0 Å². The maximum atomic E-state index is 11.3. The predicted molar refractivity (Wildman–Crippen MR) is 112 cm³/mol. The highest BCUT2D eigenvalue weighted by molar-refractivity contribution is 7.10. The van der Waals surface area contributed by atoms with Crippen molar-refractivity contribution in [1.29, 1.82) is 0 Å². The molecule has 6 heteroatoms. The normalized spacial score (nSPS) is 18.2. The van der Waals surface area contributed by atoms with Gasteiger partial charge in [0.15, 0.2) is 0 Å². The monoisotopic (exact) mass is 416 g/mol. The third kappa shape index (κ3) is 3.50. The standard InChI is InChI=1S/C21H18Cl2N2OS/c1-25-12-16(18-5-3-9-27-18)19(21(26)13-4-2-8-24-11-13)20(25)15-7-6-14(22)10-17(15)23/h2-11,16,21,26H,12H2,1H3. The average Bonchev–Trinajstić information content (AvgIpc) is 3.30. The van der Waals surface area contributed by atoms with Gasteiger partial charge in [0.2, 0.25) is 0 Å². The smallest absolute Gasteiger partial charge is 0.105 e. The Hall–Kier alpha value is -1.85. The van der Waals surface area contributed by atoms with Crippen molar-refractivity contribution < 1.29 is 5.11 Å². The first-order valence-corrected chi connectivity index (χ1v) is 10.2. The number of aromatic nitrogens is 1. The van der Waals surface area contributed by atoms with Crippen molar-refractivity contribution in [3.05, 3.63) is 91.9 Å². The number of hydrogen-bond acceptors (Lipinski definition) is 4. The number of thiophene rings is 1. The molecular formula is C21H18Cl2N2OS. The lowest BCUT2D eigenvalue weighted by molar-refractivity contribution is 0.210. The Morgan fingerprint density at radius 2 is 2.07 bits per heavy atom. The van der Waals surface area contributed by atoms with Gasteiger partial charge in [-0.3, -0.25) is 4.98 Å². The second-order valence-electron chi connectivity index (χ2n) is 6.57. The van der Waals surface area contributed by atoms with Gasteiger partial charge >= 0.3 is 0 Å². The van der Waals surface area contributed by atoms with E-state index in [-0.39, 0.29) is 5.92 Å². The summed E-state index contributed by atoms with van der Waals surface area (Å²) in [7, 11) is 2.03. The lowest BCUT2D eigenvalue weighted by Gasteiger charge is -2.21. The van der Waals surface area contributed by atoms with Gasteiger partial charge < -0.3 is 10.0 Å². The molecule has 1 N–H and O–H groups in total. The summed E-state index contributed by atoms with van der Waals surface area (Å²) in [6, 6.07) is 13.4. The summed E-state index contributed by atoms with van der Waals surface area (Å²) in [6.45, 7) is 0.779. The molecule has 3 aromatic rings. The van der Waals surface area contributed by atoms with Crippen LogP contribution in [0.25, 0.3) is 5.70 Å². The van der Waals surface area contributed by atoms with Gasteiger partial charge in [-0.15, -0.1) is 11.3 Å². The fourth-order valence-corrected chi connectivity index (χ4v) is 5.00. The third-order valence-corrected chi connectivity index (χ3v) is 6.39. The molecule has 27 heavy (non-hydrogen) atoms. The van der Waals surface area contributed by atoms with E-state index in [1.165, 1.54) is 4.88 Å². The molecule has 1 aromatic carbocycles. The Labute approximate surface area is 172 Å². The van der Waals surface area contributed by atoms with E-state index in [0.29, 0.717) is 10.0 Å². The summed E-state index contributed by atoms with van der Waals surface area (Å²) < 4.78 is 0. The summed E-state index contributed by atoms with van der Waals surface area (Å²) in [5, 5.41) is 14.5. The molecule has 2 aromatic heterocycles. The lowest BCUT2D eigenvalue weighted by atomic mass is 9.89. The summed E-state index contributed by atoms with van der Waals surface area (Å²) >= 11 is 14.3. The number of pyridine rings is 1. The predicted octanol–water partition coefficient (Wildman–Crippen LogP) is 5.62. The van der Waals surface area contributed by atoms with Crippen LogP contribution in [0, 0.1) is 0 Å². The molecule has 2 atom stereocenters. The summed E-state index contributed by atoms with van der Waals surface area (Å²) in [5.41, 5.74) is 3.54. The SMILES string of the molecule is CN1CC(c2cccs2)C(C(O)c2cccnc2)=C1c1ccc(Cl)cc1Cl. The Kier molecular flexibility index (Phi) is 5.24. The van der Waals surface area contributed by atoms with E-state index in [1.54, 1.807) is 29.8 Å². The summed E-state index contributed by atoms with van der Waals surface area (Å²) in [5.74, 6) is 0.0898. The van der Waals surface area contributed by atoms with E-state index in [4.69, 9.17) is 23.2 Å². The molecule has 0 saturated carbocycles. The van der Waals surface area contributed by atoms with E-state index in [9.17, 15) is 5.11 Å². The molecule has 3 heterocycles. The topological polar surface area (TPSA) is 36.4 Å². The van der Waals surface area contributed by atoms with Gasteiger partial charge in [0.25, 0.3) is 0 Å². The number of hydrogen-bond donors (Lipinski definition) is 1. The van der Waals surface area contributed by atoms with Gasteiger partial charge in [-0.25, -0.2) is 0 Å². The molecule has 1 aliphatic rings. The minimum absolute atomic E-state index is 0.0898. The highest BCUT2D eigenvalue weighted by Crippen LogP contribution is 2.48. The summed E-state index contributed by atoms with van der Waals surface area (Å²) in [6.07, 6.45) is 2.65. The van der Waals surface area contributed by atoms with Crippen LogP contribution in [0.2, 0.25) is 10.0 Å². The van der Waals surface area contributed by atoms with Crippen molar-refractivity contribution in [3.63, 3.8) is 0 Å². The quantitative estimate of drug-likeness (QED) is 0.598. The van der Waals surface area contributed by atoms with Crippen molar-refractivity contribution in [2.75, 3.05) is 13.6 Å². The fraction of sp³-hybridized carbons (Fsp3) is 0.190. The molecule has 0 amide bonds. The summed E-state index contributed by atoms with van der Waals surface area (Å²) in [4.78, 5) is 7.56. The zero-order valence-corrected chi connectivity index (χ0v) is 17.0. The Morgan fingerprint density at radius 3 is 2.74 bits per heavy atom. The van der Waals surface area contributed by atoms with E-state index in [0.717, 1.165) is 28.9 Å². The van der Waals surface area contributed by atoms with E-state index >= 15 is 0 Å². The number of benzene rings is 1. The molecule has 0 saturated heterocycles. The highest BCUT2D eigenvalue weighted by atomic mass is 35.5. The lowest BCUT2D eigenvalue weighted by Crippen LogP contribution is -2.15. The largest absolute Gasteiger partial charge is 0.384 e. The molecular weight excluding hydrogens is 399 g/mol. The van der Waals surface area contributed by atoms with Crippen molar-refractivity contribution >= 4 is 40.2 Å². The minimum atomic E-state index is -0.766. The number of aliphatic hydroxyl groups is 1. The van der Waals surface area contributed by atoms with Gasteiger partial charge in [0.1, 0.15) is 6.10 Å². The van der Waals surface area contributed by atoms with Crippen LogP contribution < -0.4 is 0 Å². The van der Waals surface area contributed by atoms with Gasteiger partial charge in [0.05, 0.1) is 5.02 Å². The second kappa shape index (κ2) is 7.64. The maximum absolute atomic E-state index is 11.3. The van der Waals surface area contributed by atoms with Gasteiger partial charge in [-0.05, 0) is 41.3 Å². The van der Waals surface area contributed by atoms with Crippen LogP contribution in [0.4, 0.5) is 0 Å². The average molecular weight is 417 g/mol. The van der Waals surface area contributed by atoms with Crippen molar-refractivity contribution in [3.8, 4) is 0 Å². The molecule has 3 nitrogen and oxygen atoms in total. The van der Waals surface area contributed by atoms with Crippen LogP contribution in [0.3, 0.4) is 0 Å². The molecule has 2 unspecified atom stereocenters. The number of aliphatic hydroxyl groups excluding tert-OH is 1. The van der Waals surface area contributed by atoms with E-state index in [2.05, 4.69) is 21.3 Å². The molecule has 0 fully saturated rings. The molecule has 1 aliphatic heterocycles. The van der Waals surface area contributed by atoms with Gasteiger partial charge in [0, 0.05) is 58.6 Å². The zero-order valence-electron chi connectivity index (χ0n) is 14.6. The van der Waals surface area contributed by atoms with Crippen LogP contribution >= 0.6 is 34.5 Å². The van der Waals surface area contributed by atoms with E-state index in [1.807, 2.05) is 37.4 Å². The first-order chi connectivity index (χ1) is 13.1. The molecule has 4 rings (SSSR count). The zero-order chi connectivity index (χ0) is 19.0. The fourth-order valence-electron chi connectivity index (χ4n) is 3.66. The number of likely N-dealkylation sites (N-methyl/N-ethyl adjacent to an activating group) is 1. The highest BCUT2D eigenvalue weighted by Gasteiger charge is 2.37. The van der Waals surface area contributed by atoms with Crippen molar-refractivity contribution in [2.24, 2.45) is 0 Å². The third-order valence-electron chi connectivity index (χ3n) is 4.85. The first kappa shape index (κ1) is 18.5. The van der Waals surface area contributed by atoms with Crippen molar-refractivity contribution in [1.82, 2.24) is 9.88 Å². The number of halogens is 2. The molecule has 138 valence electrons. The molecule has 0 aliphatic carbocycles. The van der Waals surface area contributed by atoms with Crippen LogP contribution in [0.15, 0.2) is 65.8 Å². The second-order valence-corrected chi connectivity index (χ2v) is 8.39. The maximum Gasteiger partial charge on any atom is 0.105 e. The molecule has 0 bridgehead atoms. The number of nitrogens with zero attached hydrogens (tertiary/aromatic N) is 2. The minimum Gasteiger partial charge on any atom is -0.384 e. The van der Waals surface area contributed by atoms with Gasteiger partial charge in [-0.2, -0.15) is 0 Å². The Morgan fingerprint density at radius 1 is 1.22 bits per heavy atom. The Bertz CT molecular complexity index is 973. The number of rotatable bonds is 4. The Balaban J connectivity index is 1.91. The molecule has 0 spiro atoms. The first-order valence-electron chi connectivity index (χ1n) is 8.58. The van der Waals surface area contributed by atoms with Crippen LogP contribution in [0.1, 0.15) is 28.0 Å². The van der Waals surface area contributed by atoms with Crippen LogP contribution in [-0.2, 0) is 0 Å². The van der Waals surface area contributed by atoms with Crippen LogP contribution in [-0.4, -0.2) is 28.6 Å². The van der Waals surface area contributed by atoms with E-state index < -0.39 is 6.10 Å². The van der Waals surface area contributed by atoms with Gasteiger partial charge in [-0.1, -0.05) is 35.3 Å². The van der Waals surface area contributed by atoms with Crippen molar-refractivity contribution in [2.45, 2.75) is 12.0 Å².